The van der Waals surface area contributed by atoms with Crippen molar-refractivity contribution in [3.63, 3.8) is 0 Å². The van der Waals surface area contributed by atoms with Crippen LogP contribution in [-0.2, 0) is 0 Å². The summed E-state index contributed by atoms with van der Waals surface area (Å²) in [7, 11) is 0. The molecule has 1 heteroatoms. The van der Waals surface area contributed by atoms with Crippen molar-refractivity contribution in [2.45, 2.75) is 90.4 Å². The van der Waals surface area contributed by atoms with Gasteiger partial charge in [-0.05, 0) is 87.9 Å². The maximum atomic E-state index is 8.51. The Labute approximate surface area is 150 Å². The number of nitriles is 1. The van der Waals surface area contributed by atoms with Gasteiger partial charge in [0.1, 0.15) is 0 Å². The first-order valence-corrected chi connectivity index (χ1v) is 10.5. The second kappa shape index (κ2) is 11.5. The largest absolute Gasteiger partial charge is 0.193 e. The average molecular weight is 328 g/mol. The summed E-state index contributed by atoms with van der Waals surface area (Å²) in [4.78, 5) is 0. The maximum Gasteiger partial charge on any atom is 0.0908 e. The lowest BCUT2D eigenvalue weighted by atomic mass is 9.77. The van der Waals surface area contributed by atoms with E-state index in [4.69, 9.17) is 5.26 Å². The van der Waals surface area contributed by atoms with E-state index in [1.165, 1.54) is 77.0 Å². The van der Waals surface area contributed by atoms with Gasteiger partial charge in [0.05, 0.1) is 6.07 Å². The normalized spacial score (nSPS) is 31.5. The van der Waals surface area contributed by atoms with E-state index in [0.29, 0.717) is 0 Å². The van der Waals surface area contributed by atoms with Crippen LogP contribution >= 0.6 is 0 Å². The molecule has 0 aromatic rings. The molecule has 24 heavy (non-hydrogen) atoms. The predicted molar refractivity (Wildman–Crippen MR) is 104 cm³/mol. The first-order chi connectivity index (χ1) is 11.8. The molecule has 2 rings (SSSR count). The fourth-order valence-electron chi connectivity index (χ4n) is 4.61. The Morgan fingerprint density at radius 2 is 1.38 bits per heavy atom. The monoisotopic (exact) mass is 327 g/mol. The smallest absolute Gasteiger partial charge is 0.0908 e. The first kappa shape index (κ1) is 19.3. The molecule has 0 N–H and O–H groups in total. The molecule has 2 aliphatic rings. The van der Waals surface area contributed by atoms with E-state index in [0.717, 1.165) is 30.1 Å². The third-order valence-corrected chi connectivity index (χ3v) is 6.34. The number of unbranched alkanes of at least 4 members (excludes halogenated alkanes) is 1. The molecule has 0 unspecified atom stereocenters. The Kier molecular flexibility index (Phi) is 9.26. The molecule has 0 heterocycles. The lowest BCUT2D eigenvalue weighted by Gasteiger charge is -2.28. The van der Waals surface area contributed by atoms with Gasteiger partial charge in [0.2, 0.25) is 0 Å². The summed E-state index contributed by atoms with van der Waals surface area (Å²) in [5, 5.41) is 8.51. The highest BCUT2D eigenvalue weighted by atomic mass is 14.3. The Bertz CT molecular complexity index is 412. The second-order valence-corrected chi connectivity index (χ2v) is 8.20. The fraction of sp³-hybridized carbons (Fsp3) is 0.783. The lowest BCUT2D eigenvalue weighted by molar-refractivity contribution is 0.283. The Hall–Kier alpha value is -1.03. The zero-order valence-electron chi connectivity index (χ0n) is 15.8. The summed E-state index contributed by atoms with van der Waals surface area (Å²) in [5.74, 6) is 3.64. The first-order valence-electron chi connectivity index (χ1n) is 10.5. The average Bonchev–Trinajstić information content (AvgIpc) is 2.64. The molecule has 0 aromatic heterocycles. The summed E-state index contributed by atoms with van der Waals surface area (Å²) in [6.07, 6.45) is 26.8. The van der Waals surface area contributed by atoms with Crippen molar-refractivity contribution >= 4 is 0 Å². The molecule has 0 saturated heterocycles. The fourth-order valence-corrected chi connectivity index (χ4v) is 4.61. The minimum Gasteiger partial charge on any atom is -0.193 e. The molecule has 0 amide bonds. The summed E-state index contributed by atoms with van der Waals surface area (Å²) in [6.45, 7) is 2.31. The van der Waals surface area contributed by atoms with E-state index in [1.807, 2.05) is 6.08 Å². The lowest BCUT2D eigenvalue weighted by Crippen LogP contribution is -2.15. The van der Waals surface area contributed by atoms with Gasteiger partial charge in [-0.25, -0.2) is 0 Å². The van der Waals surface area contributed by atoms with Gasteiger partial charge < -0.3 is 0 Å². The number of allylic oxidation sites excluding steroid dienone is 4. The number of nitrogens with zero attached hydrogens (tertiary/aromatic N) is 1. The van der Waals surface area contributed by atoms with Gasteiger partial charge in [-0.3, -0.25) is 0 Å². The van der Waals surface area contributed by atoms with Crippen LogP contribution in [0.1, 0.15) is 90.4 Å². The third kappa shape index (κ3) is 7.25. The number of hydrogen-bond acceptors (Lipinski definition) is 1. The van der Waals surface area contributed by atoms with E-state index < -0.39 is 0 Å². The van der Waals surface area contributed by atoms with E-state index in [1.54, 1.807) is 6.08 Å². The van der Waals surface area contributed by atoms with Crippen LogP contribution in [0.15, 0.2) is 24.3 Å². The molecule has 1 nitrogen and oxygen atoms in total. The third-order valence-electron chi connectivity index (χ3n) is 6.34. The standard InChI is InChI=1S/C23H37N/c1-2-3-7-20-9-13-22(14-10-20)17-18-23-15-11-21(12-16-23)8-5-4-6-19-24/h4,6,17-18,20-23H,2-3,5,7-16H2,1H3. The van der Waals surface area contributed by atoms with Crippen LogP contribution in [0.5, 0.6) is 0 Å². The predicted octanol–water partition coefficient (Wildman–Crippen LogP) is 7.21. The summed E-state index contributed by atoms with van der Waals surface area (Å²) < 4.78 is 0. The minimum atomic E-state index is 0.841. The zero-order chi connectivity index (χ0) is 17.0. The summed E-state index contributed by atoms with van der Waals surface area (Å²) in [6, 6.07) is 2.08. The molecule has 0 atom stereocenters. The van der Waals surface area contributed by atoms with Gasteiger partial charge in [-0.15, -0.1) is 0 Å². The van der Waals surface area contributed by atoms with Crippen LogP contribution in [0.2, 0.25) is 0 Å². The van der Waals surface area contributed by atoms with Crippen LogP contribution in [-0.4, -0.2) is 0 Å². The van der Waals surface area contributed by atoms with Crippen molar-refractivity contribution in [1.29, 1.82) is 5.26 Å². The number of rotatable bonds is 8. The van der Waals surface area contributed by atoms with Crippen LogP contribution in [0, 0.1) is 35.0 Å². The van der Waals surface area contributed by atoms with Gasteiger partial charge in [-0.1, -0.05) is 44.4 Å². The molecule has 0 radical (unpaired) electrons. The van der Waals surface area contributed by atoms with E-state index in [9.17, 15) is 0 Å². The molecular formula is C23H37N. The maximum absolute atomic E-state index is 8.51. The molecule has 2 fully saturated rings. The highest BCUT2D eigenvalue weighted by Crippen LogP contribution is 2.35. The molecule has 0 aromatic carbocycles. The van der Waals surface area contributed by atoms with E-state index in [-0.39, 0.29) is 0 Å². The second-order valence-electron chi connectivity index (χ2n) is 8.20. The number of hydrogen-bond donors (Lipinski definition) is 0. The molecule has 134 valence electrons. The quantitative estimate of drug-likeness (QED) is 0.341. The highest BCUT2D eigenvalue weighted by molar-refractivity contribution is 5.01. The van der Waals surface area contributed by atoms with Crippen LogP contribution in [0.4, 0.5) is 0 Å². The molecular weight excluding hydrogens is 290 g/mol. The van der Waals surface area contributed by atoms with Gasteiger partial charge >= 0.3 is 0 Å². The minimum absolute atomic E-state index is 0.841. The van der Waals surface area contributed by atoms with Gasteiger partial charge in [0.25, 0.3) is 0 Å². The van der Waals surface area contributed by atoms with Crippen LogP contribution < -0.4 is 0 Å². The molecule has 2 aliphatic carbocycles. The van der Waals surface area contributed by atoms with E-state index >= 15 is 0 Å². The topological polar surface area (TPSA) is 23.8 Å². The Morgan fingerprint density at radius 3 is 1.88 bits per heavy atom. The van der Waals surface area contributed by atoms with Gasteiger partial charge in [-0.2, -0.15) is 5.26 Å². The van der Waals surface area contributed by atoms with E-state index in [2.05, 4.69) is 25.1 Å². The Balaban J connectivity index is 1.59. The van der Waals surface area contributed by atoms with Crippen LogP contribution in [0.25, 0.3) is 0 Å². The van der Waals surface area contributed by atoms with Gasteiger partial charge in [0.15, 0.2) is 0 Å². The summed E-state index contributed by atoms with van der Waals surface area (Å²) >= 11 is 0. The van der Waals surface area contributed by atoms with Crippen molar-refractivity contribution in [2.24, 2.45) is 23.7 Å². The Morgan fingerprint density at radius 1 is 0.833 bits per heavy atom. The van der Waals surface area contributed by atoms with Crippen molar-refractivity contribution in [1.82, 2.24) is 0 Å². The summed E-state index contributed by atoms with van der Waals surface area (Å²) in [5.41, 5.74) is 0. The van der Waals surface area contributed by atoms with Crippen molar-refractivity contribution < 1.29 is 0 Å². The molecule has 0 bridgehead atoms. The highest BCUT2D eigenvalue weighted by Gasteiger charge is 2.21. The van der Waals surface area contributed by atoms with Gasteiger partial charge in [0, 0.05) is 6.08 Å². The van der Waals surface area contributed by atoms with Crippen molar-refractivity contribution in [2.75, 3.05) is 0 Å². The molecule has 0 spiro atoms. The van der Waals surface area contributed by atoms with Crippen LogP contribution in [0.3, 0.4) is 0 Å². The SMILES string of the molecule is CCCCC1CCC(C=CC2CCC(CCC=CC#N)CC2)CC1. The van der Waals surface area contributed by atoms with Crippen molar-refractivity contribution in [3.8, 4) is 6.07 Å². The molecule has 0 aliphatic heterocycles. The molecule has 2 saturated carbocycles. The zero-order valence-corrected chi connectivity index (χ0v) is 15.8. The van der Waals surface area contributed by atoms with Crippen molar-refractivity contribution in [3.05, 3.63) is 24.3 Å².